The second-order valence-corrected chi connectivity index (χ2v) is 10.3. The molecule has 0 radical (unpaired) electrons. The van der Waals surface area contributed by atoms with Gasteiger partial charge in [-0.2, -0.15) is 4.31 Å². The van der Waals surface area contributed by atoms with Gasteiger partial charge in [0.1, 0.15) is 6.04 Å². The summed E-state index contributed by atoms with van der Waals surface area (Å²) >= 11 is 1.52. The topological polar surface area (TPSA) is 79.4 Å². The molecule has 27 heavy (non-hydrogen) atoms. The molecule has 2 heterocycles. The smallest absolute Gasteiger partial charge is 0.244 e. The van der Waals surface area contributed by atoms with Gasteiger partial charge in [0.25, 0.3) is 0 Å². The average molecular weight is 406 g/mol. The van der Waals surface area contributed by atoms with Crippen molar-refractivity contribution >= 4 is 32.4 Å². The van der Waals surface area contributed by atoms with Crippen LogP contribution in [0.15, 0.2) is 35.2 Å². The molecule has 0 unspecified atom stereocenters. The highest BCUT2D eigenvalue weighted by atomic mass is 32.2. The first-order chi connectivity index (χ1) is 12.9. The van der Waals surface area contributed by atoms with Crippen molar-refractivity contribution in [3.8, 4) is 0 Å². The standard InChI is InChI=1S/C19H23N3O3S2/c1-13-9-10-15-17(12-13)26-19(20-15)21-18(23)16-8-5-11-22(16)27(24,25)14-6-3-2-4-7-14/h2-4,6-7,13,16H,5,8-12H2,1H3,(H,20,21,23)/t13-,16-/m1/s1. The van der Waals surface area contributed by atoms with Crippen molar-refractivity contribution < 1.29 is 13.2 Å². The van der Waals surface area contributed by atoms with E-state index < -0.39 is 16.1 Å². The molecule has 1 N–H and O–H groups in total. The minimum absolute atomic E-state index is 0.225. The van der Waals surface area contributed by atoms with Crippen LogP contribution in [0.5, 0.6) is 0 Å². The van der Waals surface area contributed by atoms with Crippen molar-refractivity contribution in [2.24, 2.45) is 5.92 Å². The number of sulfonamides is 1. The fourth-order valence-electron chi connectivity index (χ4n) is 3.80. The predicted molar refractivity (Wildman–Crippen MR) is 105 cm³/mol. The van der Waals surface area contributed by atoms with Gasteiger partial charge in [-0.05, 0) is 50.2 Å². The Morgan fingerprint density at radius 2 is 2.04 bits per heavy atom. The van der Waals surface area contributed by atoms with Crippen LogP contribution in [0, 0.1) is 5.92 Å². The van der Waals surface area contributed by atoms with E-state index in [9.17, 15) is 13.2 Å². The zero-order valence-corrected chi connectivity index (χ0v) is 16.9. The molecule has 1 aliphatic carbocycles. The van der Waals surface area contributed by atoms with Gasteiger partial charge in [-0.3, -0.25) is 4.79 Å². The Hall–Kier alpha value is -1.77. The molecule has 1 aromatic heterocycles. The molecular formula is C19H23N3O3S2. The van der Waals surface area contributed by atoms with Crippen LogP contribution in [-0.2, 0) is 27.7 Å². The number of rotatable bonds is 4. The molecule has 6 nitrogen and oxygen atoms in total. The van der Waals surface area contributed by atoms with E-state index in [1.807, 2.05) is 0 Å². The van der Waals surface area contributed by atoms with E-state index in [4.69, 9.17) is 0 Å². The molecular weight excluding hydrogens is 382 g/mol. The molecule has 0 bridgehead atoms. The van der Waals surface area contributed by atoms with Gasteiger partial charge in [0.05, 0.1) is 10.6 Å². The lowest BCUT2D eigenvalue weighted by Crippen LogP contribution is -2.43. The molecule has 1 aliphatic heterocycles. The largest absolute Gasteiger partial charge is 0.301 e. The number of nitrogens with one attached hydrogen (secondary N) is 1. The lowest BCUT2D eigenvalue weighted by Gasteiger charge is -2.23. The van der Waals surface area contributed by atoms with Gasteiger partial charge in [-0.25, -0.2) is 13.4 Å². The number of hydrogen-bond acceptors (Lipinski definition) is 5. The maximum absolute atomic E-state index is 12.9. The Morgan fingerprint density at radius 3 is 2.81 bits per heavy atom. The molecule has 1 amide bonds. The molecule has 2 aliphatic rings. The molecule has 1 saturated heterocycles. The number of amides is 1. The van der Waals surface area contributed by atoms with E-state index in [0.717, 1.165) is 25.0 Å². The van der Waals surface area contributed by atoms with Crippen molar-refractivity contribution in [1.82, 2.24) is 9.29 Å². The third-order valence-electron chi connectivity index (χ3n) is 5.27. The molecule has 144 valence electrons. The number of aryl methyl sites for hydroxylation is 1. The van der Waals surface area contributed by atoms with Crippen molar-refractivity contribution in [3.05, 3.63) is 40.9 Å². The fraction of sp³-hybridized carbons (Fsp3) is 0.474. The number of fused-ring (bicyclic) bond motifs is 1. The zero-order chi connectivity index (χ0) is 19.0. The summed E-state index contributed by atoms with van der Waals surface area (Å²) in [5.41, 5.74) is 1.08. The summed E-state index contributed by atoms with van der Waals surface area (Å²) in [7, 11) is -3.68. The number of anilines is 1. The lowest BCUT2D eigenvalue weighted by molar-refractivity contribution is -0.119. The maximum Gasteiger partial charge on any atom is 0.244 e. The quantitative estimate of drug-likeness (QED) is 0.848. The van der Waals surface area contributed by atoms with Gasteiger partial charge in [0, 0.05) is 11.4 Å². The monoisotopic (exact) mass is 405 g/mol. The normalized spacial score (nSPS) is 23.1. The van der Waals surface area contributed by atoms with Gasteiger partial charge >= 0.3 is 0 Å². The van der Waals surface area contributed by atoms with Crippen LogP contribution in [0.2, 0.25) is 0 Å². The van der Waals surface area contributed by atoms with Crippen LogP contribution in [-0.4, -0.2) is 36.2 Å². The summed E-state index contributed by atoms with van der Waals surface area (Å²) in [5, 5.41) is 3.46. The van der Waals surface area contributed by atoms with Gasteiger partial charge in [0.15, 0.2) is 5.13 Å². The first-order valence-corrected chi connectivity index (χ1v) is 11.6. The number of carbonyl (C=O) groups is 1. The summed E-state index contributed by atoms with van der Waals surface area (Å²) in [6, 6.07) is 7.61. The molecule has 1 fully saturated rings. The Kier molecular flexibility index (Phi) is 5.05. The minimum atomic E-state index is -3.68. The molecule has 0 spiro atoms. The Morgan fingerprint density at radius 1 is 1.26 bits per heavy atom. The first kappa shape index (κ1) is 18.6. The van der Waals surface area contributed by atoms with Crippen molar-refractivity contribution in [1.29, 1.82) is 0 Å². The second kappa shape index (κ2) is 7.33. The molecule has 2 atom stereocenters. The summed E-state index contributed by atoms with van der Waals surface area (Å²) in [5.74, 6) is 0.356. The van der Waals surface area contributed by atoms with Crippen LogP contribution in [0.3, 0.4) is 0 Å². The van der Waals surface area contributed by atoms with E-state index in [-0.39, 0.29) is 10.8 Å². The summed E-state index contributed by atoms with van der Waals surface area (Å²) in [4.78, 5) is 18.9. The summed E-state index contributed by atoms with van der Waals surface area (Å²) < 4.78 is 27.2. The minimum Gasteiger partial charge on any atom is -0.301 e. The summed E-state index contributed by atoms with van der Waals surface area (Å²) in [6.07, 6.45) is 4.27. The SMILES string of the molecule is C[C@@H]1CCc2nc(NC(=O)[C@H]3CCCN3S(=O)(=O)c3ccccc3)sc2C1. The highest BCUT2D eigenvalue weighted by Crippen LogP contribution is 2.33. The van der Waals surface area contributed by atoms with Gasteiger partial charge < -0.3 is 5.32 Å². The molecule has 4 rings (SSSR count). The highest BCUT2D eigenvalue weighted by molar-refractivity contribution is 7.89. The first-order valence-electron chi connectivity index (χ1n) is 9.31. The number of nitrogens with zero attached hydrogens (tertiary/aromatic N) is 2. The number of thiazole rings is 1. The Bertz CT molecular complexity index is 940. The van der Waals surface area contributed by atoms with E-state index in [0.29, 0.717) is 30.4 Å². The highest BCUT2D eigenvalue weighted by Gasteiger charge is 2.39. The molecule has 0 saturated carbocycles. The maximum atomic E-state index is 12.9. The van der Waals surface area contributed by atoms with Gasteiger partial charge in [-0.15, -0.1) is 11.3 Å². The van der Waals surface area contributed by atoms with Crippen molar-refractivity contribution in [2.75, 3.05) is 11.9 Å². The fourth-order valence-corrected chi connectivity index (χ4v) is 6.65. The molecule has 1 aromatic carbocycles. The zero-order valence-electron chi connectivity index (χ0n) is 15.2. The number of benzene rings is 1. The van der Waals surface area contributed by atoms with E-state index >= 15 is 0 Å². The van der Waals surface area contributed by atoms with Crippen LogP contribution in [0.25, 0.3) is 0 Å². The van der Waals surface area contributed by atoms with E-state index in [1.54, 1.807) is 30.3 Å². The summed E-state index contributed by atoms with van der Waals surface area (Å²) in [6.45, 7) is 2.59. The van der Waals surface area contributed by atoms with Crippen LogP contribution in [0.4, 0.5) is 5.13 Å². The third kappa shape index (κ3) is 3.66. The van der Waals surface area contributed by atoms with Gasteiger partial charge in [0.2, 0.25) is 15.9 Å². The lowest BCUT2D eigenvalue weighted by atomic mass is 9.93. The van der Waals surface area contributed by atoms with Gasteiger partial charge in [-0.1, -0.05) is 25.1 Å². The predicted octanol–water partition coefficient (Wildman–Crippen LogP) is 3.06. The van der Waals surface area contributed by atoms with E-state index in [2.05, 4.69) is 17.2 Å². The third-order valence-corrected chi connectivity index (χ3v) is 8.23. The number of hydrogen-bond donors (Lipinski definition) is 1. The Balaban J connectivity index is 1.52. The Labute approximate surface area is 163 Å². The molecule has 8 heteroatoms. The number of carbonyl (C=O) groups excluding carboxylic acids is 1. The van der Waals surface area contributed by atoms with Crippen molar-refractivity contribution in [2.45, 2.75) is 50.0 Å². The second-order valence-electron chi connectivity index (χ2n) is 7.31. The van der Waals surface area contributed by atoms with E-state index in [1.165, 1.54) is 20.5 Å². The van der Waals surface area contributed by atoms with Crippen LogP contribution < -0.4 is 5.32 Å². The average Bonchev–Trinajstić information content (AvgIpc) is 3.29. The van der Waals surface area contributed by atoms with Crippen molar-refractivity contribution in [3.63, 3.8) is 0 Å². The van der Waals surface area contributed by atoms with Crippen LogP contribution >= 0.6 is 11.3 Å². The number of aromatic nitrogens is 1. The molecule has 2 aromatic rings. The van der Waals surface area contributed by atoms with Crippen LogP contribution in [0.1, 0.15) is 36.8 Å².